The van der Waals surface area contributed by atoms with E-state index < -0.39 is 0 Å². The van der Waals surface area contributed by atoms with Gasteiger partial charge in [-0.3, -0.25) is 9.69 Å². The van der Waals surface area contributed by atoms with Crippen LogP contribution in [0.1, 0.15) is 30.1 Å². The van der Waals surface area contributed by atoms with Gasteiger partial charge in [0.1, 0.15) is 5.82 Å². The van der Waals surface area contributed by atoms with E-state index in [1.54, 1.807) is 12.1 Å². The molecule has 1 aromatic rings. The van der Waals surface area contributed by atoms with Crippen LogP contribution in [0.4, 0.5) is 10.1 Å². The first-order valence-corrected chi connectivity index (χ1v) is 8.62. The number of hydrogen-bond acceptors (Lipinski definition) is 4. The molecule has 0 aromatic heterocycles. The molecule has 1 aromatic carbocycles. The van der Waals surface area contributed by atoms with Gasteiger partial charge in [-0.2, -0.15) is 0 Å². The highest BCUT2D eigenvalue weighted by molar-refractivity contribution is 5.94. The molecule has 0 atom stereocenters. The zero-order valence-corrected chi connectivity index (χ0v) is 13.9. The fourth-order valence-electron chi connectivity index (χ4n) is 3.58. The van der Waals surface area contributed by atoms with E-state index in [9.17, 15) is 9.18 Å². The highest BCUT2D eigenvalue weighted by atomic mass is 19.1. The number of rotatable bonds is 4. The van der Waals surface area contributed by atoms with Crippen LogP contribution in [0, 0.1) is 11.7 Å². The molecule has 1 N–H and O–H groups in total. The summed E-state index contributed by atoms with van der Waals surface area (Å²) in [6.07, 6.45) is 2.53. The lowest BCUT2D eigenvalue weighted by Crippen LogP contribution is -2.48. The van der Waals surface area contributed by atoms with Gasteiger partial charge in [-0.1, -0.05) is 0 Å². The number of ketones is 1. The molecule has 0 radical (unpaired) electrons. The van der Waals surface area contributed by atoms with Crippen molar-refractivity contribution in [2.24, 2.45) is 5.92 Å². The van der Waals surface area contributed by atoms with Crippen molar-refractivity contribution in [3.63, 3.8) is 0 Å². The summed E-state index contributed by atoms with van der Waals surface area (Å²) in [5.41, 5.74) is 1.06. The second-order valence-electron chi connectivity index (χ2n) is 6.70. The van der Waals surface area contributed by atoms with Crippen molar-refractivity contribution in [2.75, 3.05) is 50.7 Å². The number of Topliss-reactive ketones (excluding diaryl/α,β-unsaturated/α-hetero) is 1. The van der Waals surface area contributed by atoms with Crippen LogP contribution in [-0.4, -0.2) is 56.5 Å². The van der Waals surface area contributed by atoms with Gasteiger partial charge in [0.2, 0.25) is 0 Å². The van der Waals surface area contributed by atoms with Gasteiger partial charge in [0.05, 0.1) is 5.69 Å². The predicted octanol–water partition coefficient (Wildman–Crippen LogP) is 2.15. The van der Waals surface area contributed by atoms with Gasteiger partial charge < -0.3 is 10.2 Å². The normalized spacial score (nSPS) is 20.7. The first kappa shape index (κ1) is 16.4. The van der Waals surface area contributed by atoms with E-state index >= 15 is 0 Å². The van der Waals surface area contributed by atoms with Crippen LogP contribution >= 0.6 is 0 Å². The van der Waals surface area contributed by atoms with Gasteiger partial charge in [-0.05, 0) is 57.0 Å². The molecule has 0 bridgehead atoms. The first-order chi connectivity index (χ1) is 11.1. The molecule has 4 nitrogen and oxygen atoms in total. The van der Waals surface area contributed by atoms with Crippen LogP contribution in [0.25, 0.3) is 0 Å². The molecule has 2 fully saturated rings. The van der Waals surface area contributed by atoms with Crippen LogP contribution in [-0.2, 0) is 0 Å². The van der Waals surface area contributed by atoms with Crippen LogP contribution in [0.5, 0.6) is 0 Å². The van der Waals surface area contributed by atoms with E-state index in [0.717, 1.165) is 45.2 Å². The number of anilines is 1. The average molecular weight is 319 g/mol. The Morgan fingerprint density at radius 3 is 2.52 bits per heavy atom. The Bertz CT molecular complexity index is 549. The Morgan fingerprint density at radius 2 is 1.91 bits per heavy atom. The lowest BCUT2D eigenvalue weighted by molar-refractivity contribution is 0.101. The summed E-state index contributed by atoms with van der Waals surface area (Å²) in [6.45, 7) is 8.57. The molecule has 2 heterocycles. The second-order valence-corrected chi connectivity index (χ2v) is 6.70. The van der Waals surface area contributed by atoms with Crippen LogP contribution < -0.4 is 10.2 Å². The monoisotopic (exact) mass is 319 g/mol. The number of benzene rings is 1. The van der Waals surface area contributed by atoms with Crippen molar-refractivity contribution in [2.45, 2.75) is 19.8 Å². The summed E-state index contributed by atoms with van der Waals surface area (Å²) in [5, 5.41) is 3.41. The molecule has 0 amide bonds. The molecular formula is C18H26FN3O. The van der Waals surface area contributed by atoms with E-state index in [2.05, 4.69) is 15.1 Å². The number of hydrogen-bond donors (Lipinski definition) is 1. The number of piperazine rings is 1. The molecule has 126 valence electrons. The predicted molar refractivity (Wildman–Crippen MR) is 90.7 cm³/mol. The number of piperidine rings is 1. The topological polar surface area (TPSA) is 35.6 Å². The fourth-order valence-corrected chi connectivity index (χ4v) is 3.58. The number of nitrogens with zero attached hydrogens (tertiary/aromatic N) is 2. The third-order valence-corrected chi connectivity index (χ3v) is 5.04. The molecule has 0 spiro atoms. The molecule has 2 aliphatic rings. The number of halogens is 1. The smallest absolute Gasteiger partial charge is 0.159 e. The molecule has 2 saturated heterocycles. The Labute approximate surface area is 137 Å². The summed E-state index contributed by atoms with van der Waals surface area (Å²) >= 11 is 0. The van der Waals surface area contributed by atoms with Gasteiger partial charge in [0.25, 0.3) is 0 Å². The van der Waals surface area contributed by atoms with E-state index in [-0.39, 0.29) is 11.6 Å². The quantitative estimate of drug-likeness (QED) is 0.863. The average Bonchev–Trinajstić information content (AvgIpc) is 2.56. The van der Waals surface area contributed by atoms with E-state index in [0.29, 0.717) is 11.3 Å². The fraction of sp³-hybridized carbons (Fsp3) is 0.611. The maximum Gasteiger partial charge on any atom is 0.159 e. The third-order valence-electron chi connectivity index (χ3n) is 5.04. The number of carbonyl (C=O) groups excluding carboxylic acids is 1. The van der Waals surface area contributed by atoms with E-state index in [1.807, 2.05) is 0 Å². The van der Waals surface area contributed by atoms with Crippen molar-refractivity contribution >= 4 is 11.5 Å². The van der Waals surface area contributed by atoms with Gasteiger partial charge in [0.15, 0.2) is 5.78 Å². The van der Waals surface area contributed by atoms with Crippen molar-refractivity contribution in [1.82, 2.24) is 10.2 Å². The van der Waals surface area contributed by atoms with Crippen molar-refractivity contribution in [3.05, 3.63) is 29.6 Å². The minimum Gasteiger partial charge on any atom is -0.367 e. The SMILES string of the molecule is CC(=O)c1ccc(N2CCN(CC3CCNCC3)CC2)c(F)c1. The molecular weight excluding hydrogens is 293 g/mol. The highest BCUT2D eigenvalue weighted by Gasteiger charge is 2.23. The molecule has 3 rings (SSSR count). The first-order valence-electron chi connectivity index (χ1n) is 8.62. The lowest BCUT2D eigenvalue weighted by Gasteiger charge is -2.38. The highest BCUT2D eigenvalue weighted by Crippen LogP contribution is 2.23. The van der Waals surface area contributed by atoms with Crippen LogP contribution in [0.2, 0.25) is 0 Å². The maximum atomic E-state index is 14.3. The Kier molecular flexibility index (Phi) is 5.28. The second kappa shape index (κ2) is 7.41. The number of nitrogens with one attached hydrogen (secondary N) is 1. The molecule has 23 heavy (non-hydrogen) atoms. The minimum atomic E-state index is -0.287. The van der Waals surface area contributed by atoms with E-state index in [1.165, 1.54) is 32.4 Å². The third kappa shape index (κ3) is 4.09. The summed E-state index contributed by atoms with van der Waals surface area (Å²) in [7, 11) is 0. The zero-order chi connectivity index (χ0) is 16.2. The number of carbonyl (C=O) groups is 1. The standard InChI is InChI=1S/C18H26FN3O/c1-14(23)16-2-3-18(17(19)12-16)22-10-8-21(9-11-22)13-15-4-6-20-7-5-15/h2-3,12,15,20H,4-11,13H2,1H3. The zero-order valence-electron chi connectivity index (χ0n) is 13.9. The molecule has 5 heteroatoms. The Balaban J connectivity index is 1.55. The van der Waals surface area contributed by atoms with Gasteiger partial charge >= 0.3 is 0 Å². The van der Waals surface area contributed by atoms with E-state index in [4.69, 9.17) is 0 Å². The maximum absolute atomic E-state index is 14.3. The van der Waals surface area contributed by atoms with Crippen LogP contribution in [0.15, 0.2) is 18.2 Å². The summed E-state index contributed by atoms with van der Waals surface area (Å²) in [6, 6.07) is 4.83. The minimum absolute atomic E-state index is 0.0951. The molecule has 0 aliphatic carbocycles. The van der Waals surface area contributed by atoms with Gasteiger partial charge in [-0.25, -0.2) is 4.39 Å². The molecule has 0 unspecified atom stereocenters. The summed E-state index contributed by atoms with van der Waals surface area (Å²) < 4.78 is 14.3. The van der Waals surface area contributed by atoms with Crippen LogP contribution in [0.3, 0.4) is 0 Å². The molecule has 2 aliphatic heterocycles. The van der Waals surface area contributed by atoms with Gasteiger partial charge in [-0.15, -0.1) is 0 Å². The Hall–Kier alpha value is -1.46. The Morgan fingerprint density at radius 1 is 1.22 bits per heavy atom. The largest absolute Gasteiger partial charge is 0.367 e. The van der Waals surface area contributed by atoms with Gasteiger partial charge in [0, 0.05) is 38.3 Å². The van der Waals surface area contributed by atoms with Crippen molar-refractivity contribution < 1.29 is 9.18 Å². The van der Waals surface area contributed by atoms with Crippen molar-refractivity contribution in [3.8, 4) is 0 Å². The summed E-state index contributed by atoms with van der Waals surface area (Å²) in [4.78, 5) is 15.9. The van der Waals surface area contributed by atoms with Crippen molar-refractivity contribution in [1.29, 1.82) is 0 Å². The summed E-state index contributed by atoms with van der Waals surface area (Å²) in [5.74, 6) is 0.418. The lowest BCUT2D eigenvalue weighted by atomic mass is 9.97. The molecule has 0 saturated carbocycles.